The van der Waals surface area contributed by atoms with Gasteiger partial charge in [0, 0.05) is 7.11 Å². The van der Waals surface area contributed by atoms with Crippen molar-refractivity contribution in [3.63, 3.8) is 0 Å². The Morgan fingerprint density at radius 3 is 2.14 bits per heavy atom. The first-order valence-corrected chi connectivity index (χ1v) is 6.90. The van der Waals surface area contributed by atoms with Crippen molar-refractivity contribution in [2.45, 2.75) is 6.04 Å². The molecule has 0 aromatic heterocycles. The number of hydrogen-bond acceptors (Lipinski definition) is 4. The summed E-state index contributed by atoms with van der Waals surface area (Å²) in [7, 11) is 3.32. The molecule has 1 atom stereocenters. The maximum absolute atomic E-state index is 5.50. The number of methoxy groups -OCH3 is 2. The van der Waals surface area contributed by atoms with Gasteiger partial charge in [0.15, 0.2) is 0 Å². The highest BCUT2D eigenvalue weighted by Crippen LogP contribution is 2.24. The van der Waals surface area contributed by atoms with Crippen LogP contribution in [0, 0.1) is 0 Å². The van der Waals surface area contributed by atoms with Crippen LogP contribution in [-0.2, 0) is 9.57 Å². The molecule has 0 amide bonds. The van der Waals surface area contributed by atoms with Crippen molar-refractivity contribution in [2.75, 3.05) is 27.4 Å². The van der Waals surface area contributed by atoms with Crippen LogP contribution in [-0.4, -0.2) is 27.4 Å². The zero-order valence-corrected chi connectivity index (χ0v) is 12.4. The Kier molecular flexibility index (Phi) is 6.22. The molecule has 0 fully saturated rings. The number of hydroxylamine groups is 1. The molecule has 2 rings (SSSR count). The van der Waals surface area contributed by atoms with Crippen molar-refractivity contribution in [1.82, 2.24) is 5.48 Å². The van der Waals surface area contributed by atoms with Crippen LogP contribution in [0.2, 0.25) is 0 Å². The van der Waals surface area contributed by atoms with Gasteiger partial charge in [0.2, 0.25) is 0 Å². The van der Waals surface area contributed by atoms with Gasteiger partial charge < -0.3 is 9.47 Å². The van der Waals surface area contributed by atoms with Crippen LogP contribution in [0.5, 0.6) is 5.75 Å². The number of benzene rings is 2. The van der Waals surface area contributed by atoms with E-state index in [0.717, 1.165) is 16.9 Å². The van der Waals surface area contributed by atoms with Crippen molar-refractivity contribution in [1.29, 1.82) is 0 Å². The van der Waals surface area contributed by atoms with E-state index in [1.807, 2.05) is 42.5 Å². The van der Waals surface area contributed by atoms with Gasteiger partial charge in [0.1, 0.15) is 5.75 Å². The molecule has 0 spiro atoms. The number of nitrogens with one attached hydrogen (secondary N) is 1. The smallest absolute Gasteiger partial charge is 0.118 e. The maximum atomic E-state index is 5.50. The largest absolute Gasteiger partial charge is 0.497 e. The van der Waals surface area contributed by atoms with Gasteiger partial charge in [-0.2, -0.15) is 5.48 Å². The normalized spacial score (nSPS) is 12.1. The SMILES string of the molecule is COCCONC(c1ccccc1)c1ccc(OC)cc1. The predicted octanol–water partition coefficient (Wildman–Crippen LogP) is 2.95. The van der Waals surface area contributed by atoms with Crippen LogP contribution in [0.1, 0.15) is 17.2 Å². The lowest BCUT2D eigenvalue weighted by molar-refractivity contribution is -0.00570. The Morgan fingerprint density at radius 2 is 1.52 bits per heavy atom. The highest BCUT2D eigenvalue weighted by atomic mass is 16.7. The Hall–Kier alpha value is -1.88. The summed E-state index contributed by atoms with van der Waals surface area (Å²) in [5.74, 6) is 0.839. The number of rotatable bonds is 8. The molecule has 0 aliphatic heterocycles. The van der Waals surface area contributed by atoms with Crippen LogP contribution in [0.3, 0.4) is 0 Å². The average Bonchev–Trinajstić information content (AvgIpc) is 2.56. The summed E-state index contributed by atoms with van der Waals surface area (Å²) in [6, 6.07) is 18.1. The van der Waals surface area contributed by atoms with E-state index in [1.165, 1.54) is 0 Å². The molecule has 0 aliphatic rings. The van der Waals surface area contributed by atoms with E-state index in [2.05, 4.69) is 17.6 Å². The first-order valence-electron chi connectivity index (χ1n) is 6.90. The zero-order chi connectivity index (χ0) is 14.9. The Bertz CT molecular complexity index is 513. The topological polar surface area (TPSA) is 39.7 Å². The molecule has 112 valence electrons. The van der Waals surface area contributed by atoms with E-state index in [9.17, 15) is 0 Å². The minimum atomic E-state index is -0.0334. The molecule has 2 aromatic rings. The Morgan fingerprint density at radius 1 is 0.857 bits per heavy atom. The molecule has 0 saturated heterocycles. The molecule has 4 nitrogen and oxygen atoms in total. The zero-order valence-electron chi connectivity index (χ0n) is 12.4. The Balaban J connectivity index is 2.14. The summed E-state index contributed by atoms with van der Waals surface area (Å²) in [5.41, 5.74) is 5.35. The molecule has 0 radical (unpaired) electrons. The van der Waals surface area contributed by atoms with E-state index in [0.29, 0.717) is 13.2 Å². The van der Waals surface area contributed by atoms with Crippen molar-refractivity contribution in [3.05, 3.63) is 65.7 Å². The Labute approximate surface area is 125 Å². The summed E-state index contributed by atoms with van der Waals surface area (Å²) in [6.07, 6.45) is 0. The predicted molar refractivity (Wildman–Crippen MR) is 82.2 cm³/mol. The van der Waals surface area contributed by atoms with Gasteiger partial charge in [-0.15, -0.1) is 0 Å². The van der Waals surface area contributed by atoms with Crippen LogP contribution >= 0.6 is 0 Å². The fraction of sp³-hybridized carbons (Fsp3) is 0.294. The summed E-state index contributed by atoms with van der Waals surface area (Å²) in [5, 5.41) is 0. The van der Waals surface area contributed by atoms with E-state index in [4.69, 9.17) is 14.3 Å². The third-order valence-corrected chi connectivity index (χ3v) is 3.17. The fourth-order valence-electron chi connectivity index (χ4n) is 2.04. The molecule has 0 heterocycles. The summed E-state index contributed by atoms with van der Waals surface area (Å²) >= 11 is 0. The molecule has 1 unspecified atom stereocenters. The first-order chi connectivity index (χ1) is 10.3. The maximum Gasteiger partial charge on any atom is 0.118 e. The quantitative estimate of drug-likeness (QED) is 0.598. The van der Waals surface area contributed by atoms with Crippen LogP contribution < -0.4 is 10.2 Å². The minimum Gasteiger partial charge on any atom is -0.497 e. The van der Waals surface area contributed by atoms with E-state index < -0.39 is 0 Å². The minimum absolute atomic E-state index is 0.0334. The van der Waals surface area contributed by atoms with Crippen LogP contribution in [0.4, 0.5) is 0 Å². The van der Waals surface area contributed by atoms with Crippen molar-refractivity contribution in [2.24, 2.45) is 0 Å². The second-order valence-electron chi connectivity index (χ2n) is 4.58. The first kappa shape index (κ1) is 15.5. The molecular formula is C17H21NO3. The molecule has 0 aliphatic carbocycles. The number of ether oxygens (including phenoxy) is 2. The van der Waals surface area contributed by atoms with Gasteiger partial charge in [-0.3, -0.25) is 4.84 Å². The molecule has 0 bridgehead atoms. The highest BCUT2D eigenvalue weighted by molar-refractivity contribution is 5.35. The fourth-order valence-corrected chi connectivity index (χ4v) is 2.04. The highest BCUT2D eigenvalue weighted by Gasteiger charge is 2.13. The third-order valence-electron chi connectivity index (χ3n) is 3.17. The monoisotopic (exact) mass is 287 g/mol. The average molecular weight is 287 g/mol. The van der Waals surface area contributed by atoms with Crippen molar-refractivity contribution < 1.29 is 14.3 Å². The van der Waals surface area contributed by atoms with Gasteiger partial charge in [-0.25, -0.2) is 0 Å². The van der Waals surface area contributed by atoms with Gasteiger partial charge in [-0.05, 0) is 23.3 Å². The lowest BCUT2D eigenvalue weighted by atomic mass is 9.99. The third kappa shape index (κ3) is 4.56. The number of hydrogen-bond donors (Lipinski definition) is 1. The molecule has 1 N–H and O–H groups in total. The molecule has 4 heteroatoms. The second kappa shape index (κ2) is 8.42. The molecular weight excluding hydrogens is 266 g/mol. The standard InChI is InChI=1S/C17H21NO3/c1-19-12-13-21-18-17(14-6-4-3-5-7-14)15-8-10-16(20-2)11-9-15/h3-11,17-18H,12-13H2,1-2H3. The van der Waals surface area contributed by atoms with Gasteiger partial charge in [-0.1, -0.05) is 42.5 Å². The second-order valence-corrected chi connectivity index (χ2v) is 4.58. The van der Waals surface area contributed by atoms with E-state index in [1.54, 1.807) is 14.2 Å². The van der Waals surface area contributed by atoms with E-state index in [-0.39, 0.29) is 6.04 Å². The van der Waals surface area contributed by atoms with Crippen molar-refractivity contribution >= 4 is 0 Å². The van der Waals surface area contributed by atoms with Crippen LogP contribution in [0.25, 0.3) is 0 Å². The lowest BCUT2D eigenvalue weighted by Crippen LogP contribution is -2.24. The molecule has 2 aromatic carbocycles. The van der Waals surface area contributed by atoms with E-state index >= 15 is 0 Å². The molecule has 0 saturated carbocycles. The summed E-state index contributed by atoms with van der Waals surface area (Å²) in [6.45, 7) is 1.05. The summed E-state index contributed by atoms with van der Waals surface area (Å²) in [4.78, 5) is 5.50. The van der Waals surface area contributed by atoms with Crippen molar-refractivity contribution in [3.8, 4) is 5.75 Å². The van der Waals surface area contributed by atoms with Gasteiger partial charge in [0.05, 0.1) is 26.4 Å². The summed E-state index contributed by atoms with van der Waals surface area (Å²) < 4.78 is 10.2. The van der Waals surface area contributed by atoms with Gasteiger partial charge >= 0.3 is 0 Å². The van der Waals surface area contributed by atoms with Crippen LogP contribution in [0.15, 0.2) is 54.6 Å². The molecule has 21 heavy (non-hydrogen) atoms. The lowest BCUT2D eigenvalue weighted by Gasteiger charge is -2.19. The van der Waals surface area contributed by atoms with Gasteiger partial charge in [0.25, 0.3) is 0 Å².